The van der Waals surface area contributed by atoms with E-state index >= 15 is 0 Å². The van der Waals surface area contributed by atoms with Gasteiger partial charge in [-0.05, 0) is 37.1 Å². The third kappa shape index (κ3) is 4.77. The molecule has 0 spiro atoms. The number of rotatable bonds is 8. The Morgan fingerprint density at radius 1 is 1.26 bits per heavy atom. The molecule has 0 bridgehead atoms. The summed E-state index contributed by atoms with van der Waals surface area (Å²) in [6.45, 7) is 6.76. The van der Waals surface area contributed by atoms with Crippen molar-refractivity contribution < 1.29 is 13.2 Å². The number of ether oxygens (including phenoxy) is 1. The van der Waals surface area contributed by atoms with E-state index in [1.165, 1.54) is 0 Å². The normalized spacial score (nSPS) is 13.2. The SMILES string of the molecule is CCOc1ccc(S(=O)(=O)NC(Cn2ccnn2)C(C)C)cc1. The van der Waals surface area contributed by atoms with Gasteiger partial charge in [-0.1, -0.05) is 19.1 Å². The van der Waals surface area contributed by atoms with Crippen LogP contribution in [0, 0.1) is 5.92 Å². The molecule has 0 fully saturated rings. The van der Waals surface area contributed by atoms with Crippen molar-refractivity contribution in [2.45, 2.75) is 38.3 Å². The van der Waals surface area contributed by atoms with Gasteiger partial charge in [0.15, 0.2) is 0 Å². The van der Waals surface area contributed by atoms with E-state index in [0.717, 1.165) is 0 Å². The predicted molar refractivity (Wildman–Crippen MR) is 86.6 cm³/mol. The Morgan fingerprint density at radius 2 is 1.96 bits per heavy atom. The summed E-state index contributed by atoms with van der Waals surface area (Å²) in [5.74, 6) is 0.756. The van der Waals surface area contributed by atoms with Gasteiger partial charge in [-0.3, -0.25) is 4.68 Å². The van der Waals surface area contributed by atoms with Crippen LogP contribution in [0.15, 0.2) is 41.6 Å². The van der Waals surface area contributed by atoms with Gasteiger partial charge in [0, 0.05) is 12.2 Å². The van der Waals surface area contributed by atoms with Crippen LogP contribution in [0.25, 0.3) is 0 Å². The van der Waals surface area contributed by atoms with Crippen LogP contribution in [0.3, 0.4) is 0 Å². The Hall–Kier alpha value is -1.93. The number of nitrogens with one attached hydrogen (secondary N) is 1. The molecule has 1 aromatic heterocycles. The van der Waals surface area contributed by atoms with E-state index in [1.807, 2.05) is 20.8 Å². The van der Waals surface area contributed by atoms with Gasteiger partial charge in [-0.2, -0.15) is 0 Å². The summed E-state index contributed by atoms with van der Waals surface area (Å²) in [5, 5.41) is 7.63. The van der Waals surface area contributed by atoms with Crippen LogP contribution in [0.2, 0.25) is 0 Å². The zero-order chi connectivity index (χ0) is 16.9. The highest BCUT2D eigenvalue weighted by molar-refractivity contribution is 7.89. The van der Waals surface area contributed by atoms with Crippen molar-refractivity contribution in [2.24, 2.45) is 5.92 Å². The molecule has 0 saturated carbocycles. The molecule has 0 aliphatic carbocycles. The first-order valence-corrected chi connectivity index (χ1v) is 9.00. The quantitative estimate of drug-likeness (QED) is 0.791. The highest BCUT2D eigenvalue weighted by Gasteiger charge is 2.23. The maximum absolute atomic E-state index is 12.5. The van der Waals surface area contributed by atoms with E-state index in [-0.39, 0.29) is 16.9 Å². The lowest BCUT2D eigenvalue weighted by Crippen LogP contribution is -2.41. The maximum Gasteiger partial charge on any atom is 0.240 e. The molecule has 0 radical (unpaired) electrons. The molecule has 23 heavy (non-hydrogen) atoms. The van der Waals surface area contributed by atoms with E-state index in [0.29, 0.717) is 18.9 Å². The summed E-state index contributed by atoms with van der Waals surface area (Å²) in [4.78, 5) is 0.213. The first-order chi connectivity index (χ1) is 10.9. The maximum atomic E-state index is 12.5. The molecule has 126 valence electrons. The van der Waals surface area contributed by atoms with Crippen LogP contribution in [0.4, 0.5) is 0 Å². The van der Waals surface area contributed by atoms with Crippen molar-refractivity contribution in [3.8, 4) is 5.75 Å². The summed E-state index contributed by atoms with van der Waals surface area (Å²) in [6, 6.07) is 6.10. The molecule has 2 aromatic rings. The number of hydrogen-bond acceptors (Lipinski definition) is 5. The molecule has 0 aliphatic heterocycles. The monoisotopic (exact) mass is 338 g/mol. The highest BCUT2D eigenvalue weighted by Crippen LogP contribution is 2.17. The summed E-state index contributed by atoms with van der Waals surface area (Å²) >= 11 is 0. The van der Waals surface area contributed by atoms with Gasteiger partial charge in [0.05, 0.1) is 24.2 Å². The van der Waals surface area contributed by atoms with Gasteiger partial charge < -0.3 is 4.74 Å². The minimum atomic E-state index is -3.61. The van der Waals surface area contributed by atoms with E-state index in [2.05, 4.69) is 15.0 Å². The van der Waals surface area contributed by atoms with E-state index < -0.39 is 10.0 Å². The molecule has 0 amide bonds. The molecule has 1 heterocycles. The lowest BCUT2D eigenvalue weighted by molar-refractivity contribution is 0.340. The number of nitrogens with zero attached hydrogens (tertiary/aromatic N) is 3. The summed E-state index contributed by atoms with van der Waals surface area (Å²) in [7, 11) is -3.61. The van der Waals surface area contributed by atoms with E-state index in [9.17, 15) is 8.42 Å². The Kier molecular flexibility index (Phi) is 5.73. The molecular weight excluding hydrogens is 316 g/mol. The van der Waals surface area contributed by atoms with Gasteiger partial charge in [-0.15, -0.1) is 5.10 Å². The first kappa shape index (κ1) is 17.4. The number of aromatic nitrogens is 3. The van der Waals surface area contributed by atoms with Gasteiger partial charge in [0.1, 0.15) is 5.75 Å². The topological polar surface area (TPSA) is 86.1 Å². The van der Waals surface area contributed by atoms with E-state index in [1.54, 1.807) is 41.3 Å². The van der Waals surface area contributed by atoms with Gasteiger partial charge in [0.25, 0.3) is 0 Å². The van der Waals surface area contributed by atoms with Crippen molar-refractivity contribution in [3.05, 3.63) is 36.7 Å². The Morgan fingerprint density at radius 3 is 2.48 bits per heavy atom. The molecule has 8 heteroatoms. The zero-order valence-corrected chi connectivity index (χ0v) is 14.3. The molecule has 1 N–H and O–H groups in total. The third-order valence-electron chi connectivity index (χ3n) is 3.41. The van der Waals surface area contributed by atoms with Crippen molar-refractivity contribution in [1.29, 1.82) is 0 Å². The van der Waals surface area contributed by atoms with Crippen molar-refractivity contribution in [3.63, 3.8) is 0 Å². The number of hydrogen-bond donors (Lipinski definition) is 1. The van der Waals surface area contributed by atoms with Crippen molar-refractivity contribution >= 4 is 10.0 Å². The molecule has 1 atom stereocenters. The standard InChI is InChI=1S/C15H22N4O3S/c1-4-22-13-5-7-14(8-6-13)23(20,21)17-15(12(2)3)11-19-10-9-16-18-19/h5-10,12,15,17H,4,11H2,1-3H3. The van der Waals surface area contributed by atoms with Gasteiger partial charge in [-0.25, -0.2) is 13.1 Å². The fourth-order valence-corrected chi connectivity index (χ4v) is 3.44. The smallest absolute Gasteiger partial charge is 0.240 e. The second-order valence-electron chi connectivity index (χ2n) is 5.50. The number of sulfonamides is 1. The highest BCUT2D eigenvalue weighted by atomic mass is 32.2. The van der Waals surface area contributed by atoms with Crippen LogP contribution in [-0.2, 0) is 16.6 Å². The second kappa shape index (κ2) is 7.56. The van der Waals surface area contributed by atoms with Crippen molar-refractivity contribution in [1.82, 2.24) is 19.7 Å². The fourth-order valence-electron chi connectivity index (χ4n) is 2.06. The molecule has 0 aliphatic rings. The van der Waals surface area contributed by atoms with Crippen molar-refractivity contribution in [2.75, 3.05) is 6.61 Å². The average molecular weight is 338 g/mol. The Bertz CT molecular complexity index is 697. The third-order valence-corrected chi connectivity index (χ3v) is 4.92. The largest absolute Gasteiger partial charge is 0.494 e. The van der Waals surface area contributed by atoms with Gasteiger partial charge >= 0.3 is 0 Å². The molecular formula is C15H22N4O3S. The van der Waals surface area contributed by atoms with Gasteiger partial charge in [0.2, 0.25) is 10.0 Å². The molecule has 1 unspecified atom stereocenters. The summed E-state index contributed by atoms with van der Waals surface area (Å²) in [6.07, 6.45) is 3.28. The first-order valence-electron chi connectivity index (χ1n) is 7.51. The molecule has 2 rings (SSSR count). The Labute approximate surface area is 136 Å². The van der Waals surface area contributed by atoms with Crippen LogP contribution in [0.1, 0.15) is 20.8 Å². The van der Waals surface area contributed by atoms with Crippen LogP contribution >= 0.6 is 0 Å². The number of benzene rings is 1. The van der Waals surface area contributed by atoms with Crippen LogP contribution in [0.5, 0.6) is 5.75 Å². The van der Waals surface area contributed by atoms with Crippen LogP contribution < -0.4 is 9.46 Å². The average Bonchev–Trinajstić information content (AvgIpc) is 3.00. The summed E-state index contributed by atoms with van der Waals surface area (Å²) in [5.41, 5.74) is 0. The molecule has 0 saturated heterocycles. The minimum Gasteiger partial charge on any atom is -0.494 e. The molecule has 1 aromatic carbocycles. The lowest BCUT2D eigenvalue weighted by Gasteiger charge is -2.22. The second-order valence-corrected chi connectivity index (χ2v) is 7.22. The minimum absolute atomic E-state index is 0.108. The van der Waals surface area contributed by atoms with E-state index in [4.69, 9.17) is 4.74 Å². The lowest BCUT2D eigenvalue weighted by atomic mass is 10.1. The summed E-state index contributed by atoms with van der Waals surface area (Å²) < 4.78 is 34.8. The molecule has 7 nitrogen and oxygen atoms in total. The zero-order valence-electron chi connectivity index (χ0n) is 13.5. The van der Waals surface area contributed by atoms with Crippen LogP contribution in [-0.4, -0.2) is 36.1 Å². The Balaban J connectivity index is 2.13. The fraction of sp³-hybridized carbons (Fsp3) is 0.467. The predicted octanol–water partition coefficient (Wildman–Crippen LogP) is 1.68.